The van der Waals surface area contributed by atoms with Gasteiger partial charge in [0.05, 0.1) is 5.56 Å². The second kappa shape index (κ2) is 9.61. The summed E-state index contributed by atoms with van der Waals surface area (Å²) in [5.74, 6) is -0.243. The van der Waals surface area contributed by atoms with Gasteiger partial charge in [-0.3, -0.25) is 4.79 Å². The number of rotatable bonds is 6. The number of anilines is 1. The van der Waals surface area contributed by atoms with Gasteiger partial charge in [-0.2, -0.15) is 0 Å². The molecule has 7 heteroatoms. The second-order valence-corrected chi connectivity index (χ2v) is 7.96. The first-order chi connectivity index (χ1) is 17.1. The van der Waals surface area contributed by atoms with E-state index in [9.17, 15) is 9.59 Å². The fourth-order valence-corrected chi connectivity index (χ4v) is 3.75. The number of benzene rings is 4. The van der Waals surface area contributed by atoms with Crippen molar-refractivity contribution in [1.29, 1.82) is 0 Å². The first-order valence-corrected chi connectivity index (χ1v) is 11.0. The van der Waals surface area contributed by atoms with Crippen molar-refractivity contribution >= 4 is 28.3 Å². The summed E-state index contributed by atoms with van der Waals surface area (Å²) in [6, 6.07) is 27.7. The Morgan fingerprint density at radius 1 is 0.829 bits per heavy atom. The van der Waals surface area contributed by atoms with Crippen LogP contribution in [0, 0.1) is 6.92 Å². The summed E-state index contributed by atoms with van der Waals surface area (Å²) in [5.41, 5.74) is 3.55. The number of amides is 1. The predicted octanol–water partition coefficient (Wildman–Crippen LogP) is 5.66. The Hall–Kier alpha value is -4.78. The Balaban J connectivity index is 1.21. The van der Waals surface area contributed by atoms with Gasteiger partial charge in [-0.1, -0.05) is 54.6 Å². The van der Waals surface area contributed by atoms with Crippen LogP contribution in [-0.4, -0.2) is 28.7 Å². The average molecular weight is 463 g/mol. The molecule has 0 saturated carbocycles. The van der Waals surface area contributed by atoms with Crippen LogP contribution in [0.25, 0.3) is 33.7 Å². The van der Waals surface area contributed by atoms with Crippen LogP contribution in [0.15, 0.2) is 95.4 Å². The highest BCUT2D eigenvalue weighted by atomic mass is 16.5. The standard InChI is InChI=1S/C28H21N3O4/c1-18-7-2-4-10-22(18)27-31-30-26(35-27)20-13-15-21(16-14-20)28(33)34-17-25(32)29-24-12-6-9-19-8-3-5-11-23(19)24/h2-16H,17H2,1H3,(H,29,32). The Bertz CT molecular complexity index is 1520. The molecule has 1 aromatic heterocycles. The summed E-state index contributed by atoms with van der Waals surface area (Å²) in [6.07, 6.45) is 0. The number of carbonyl (C=O) groups is 2. The number of hydrogen-bond acceptors (Lipinski definition) is 6. The van der Waals surface area contributed by atoms with Gasteiger partial charge in [-0.05, 0) is 54.3 Å². The number of fused-ring (bicyclic) bond motifs is 1. The normalized spacial score (nSPS) is 10.8. The number of hydrogen-bond donors (Lipinski definition) is 1. The van der Waals surface area contributed by atoms with Gasteiger partial charge in [-0.25, -0.2) is 4.79 Å². The van der Waals surface area contributed by atoms with Crippen molar-refractivity contribution in [3.63, 3.8) is 0 Å². The zero-order chi connectivity index (χ0) is 24.2. The molecule has 0 aliphatic rings. The van der Waals surface area contributed by atoms with Crippen molar-refractivity contribution in [3.8, 4) is 22.9 Å². The van der Waals surface area contributed by atoms with Gasteiger partial charge in [0, 0.05) is 22.2 Å². The van der Waals surface area contributed by atoms with Crippen LogP contribution in [0.2, 0.25) is 0 Å². The maximum absolute atomic E-state index is 12.4. The van der Waals surface area contributed by atoms with E-state index in [1.54, 1.807) is 24.3 Å². The third-order valence-electron chi connectivity index (χ3n) is 5.57. The zero-order valence-electron chi connectivity index (χ0n) is 18.9. The van der Waals surface area contributed by atoms with E-state index >= 15 is 0 Å². The van der Waals surface area contributed by atoms with Gasteiger partial charge in [-0.15, -0.1) is 10.2 Å². The molecule has 0 unspecified atom stereocenters. The van der Waals surface area contributed by atoms with Gasteiger partial charge in [0.15, 0.2) is 6.61 Å². The van der Waals surface area contributed by atoms with Crippen molar-refractivity contribution in [2.24, 2.45) is 0 Å². The molecule has 0 aliphatic carbocycles. The van der Waals surface area contributed by atoms with Crippen LogP contribution in [0.5, 0.6) is 0 Å². The number of carbonyl (C=O) groups excluding carboxylic acids is 2. The van der Waals surface area contributed by atoms with Crippen LogP contribution < -0.4 is 5.32 Å². The Labute approximate surface area is 201 Å². The largest absolute Gasteiger partial charge is 0.452 e. The topological polar surface area (TPSA) is 94.3 Å². The second-order valence-electron chi connectivity index (χ2n) is 7.96. The summed E-state index contributed by atoms with van der Waals surface area (Å²) >= 11 is 0. The highest BCUT2D eigenvalue weighted by Crippen LogP contribution is 2.26. The number of esters is 1. The molecule has 172 valence electrons. The first-order valence-electron chi connectivity index (χ1n) is 11.0. The number of ether oxygens (including phenoxy) is 1. The van der Waals surface area contributed by atoms with Gasteiger partial charge >= 0.3 is 5.97 Å². The maximum atomic E-state index is 12.4. The molecular weight excluding hydrogens is 442 g/mol. The summed E-state index contributed by atoms with van der Waals surface area (Å²) < 4.78 is 11.0. The molecule has 0 radical (unpaired) electrons. The lowest BCUT2D eigenvalue weighted by Gasteiger charge is -2.09. The smallest absolute Gasteiger partial charge is 0.338 e. The lowest BCUT2D eigenvalue weighted by atomic mass is 10.1. The minimum absolute atomic E-state index is 0.311. The molecule has 4 aromatic carbocycles. The third-order valence-corrected chi connectivity index (χ3v) is 5.57. The summed E-state index contributed by atoms with van der Waals surface area (Å²) in [5, 5.41) is 13.0. The molecule has 0 aliphatic heterocycles. The molecule has 7 nitrogen and oxygen atoms in total. The van der Waals surface area contributed by atoms with Crippen LogP contribution in [0.1, 0.15) is 15.9 Å². The Morgan fingerprint density at radius 3 is 2.37 bits per heavy atom. The van der Waals surface area contributed by atoms with Crippen molar-refractivity contribution in [2.45, 2.75) is 6.92 Å². The predicted molar refractivity (Wildman–Crippen MR) is 133 cm³/mol. The van der Waals surface area contributed by atoms with E-state index in [2.05, 4.69) is 15.5 Å². The molecule has 0 fully saturated rings. The highest BCUT2D eigenvalue weighted by Gasteiger charge is 2.15. The molecule has 35 heavy (non-hydrogen) atoms. The van der Waals surface area contributed by atoms with Crippen LogP contribution in [-0.2, 0) is 9.53 Å². The molecule has 5 aromatic rings. The summed E-state index contributed by atoms with van der Waals surface area (Å²) in [4.78, 5) is 24.8. The van der Waals surface area contributed by atoms with Crippen molar-refractivity contribution < 1.29 is 18.7 Å². The molecule has 0 spiro atoms. The molecular formula is C28H21N3O4. The minimum Gasteiger partial charge on any atom is -0.452 e. The van der Waals surface area contributed by atoms with Crippen molar-refractivity contribution in [1.82, 2.24) is 10.2 Å². The summed E-state index contributed by atoms with van der Waals surface area (Å²) in [7, 11) is 0. The van der Waals surface area contributed by atoms with Crippen molar-refractivity contribution in [3.05, 3.63) is 102 Å². The number of nitrogens with one attached hydrogen (secondary N) is 1. The van der Waals surface area contributed by atoms with Crippen LogP contribution >= 0.6 is 0 Å². The van der Waals surface area contributed by atoms with E-state index in [1.807, 2.05) is 73.7 Å². The van der Waals surface area contributed by atoms with Crippen molar-refractivity contribution in [2.75, 3.05) is 11.9 Å². The number of aryl methyl sites for hydroxylation is 1. The van der Waals surface area contributed by atoms with E-state index in [4.69, 9.17) is 9.15 Å². The summed E-state index contributed by atoms with van der Waals surface area (Å²) in [6.45, 7) is 1.58. The van der Waals surface area contributed by atoms with Crippen LogP contribution in [0.4, 0.5) is 5.69 Å². The van der Waals surface area contributed by atoms with E-state index in [1.165, 1.54) is 0 Å². The van der Waals surface area contributed by atoms with Gasteiger partial charge in [0.2, 0.25) is 11.8 Å². The highest BCUT2D eigenvalue weighted by molar-refractivity contribution is 6.03. The van der Waals surface area contributed by atoms with Gasteiger partial charge in [0.25, 0.3) is 5.91 Å². The van der Waals surface area contributed by atoms with Gasteiger partial charge < -0.3 is 14.5 Å². The average Bonchev–Trinajstić information content (AvgIpc) is 3.38. The molecule has 0 bridgehead atoms. The van der Waals surface area contributed by atoms with E-state index in [0.717, 1.165) is 21.9 Å². The SMILES string of the molecule is Cc1ccccc1-c1nnc(-c2ccc(C(=O)OCC(=O)Nc3cccc4ccccc34)cc2)o1. The fraction of sp³-hybridized carbons (Fsp3) is 0.0714. The Kier molecular flexibility index (Phi) is 6.05. The number of nitrogens with zero attached hydrogens (tertiary/aromatic N) is 2. The van der Waals surface area contributed by atoms with E-state index < -0.39 is 18.5 Å². The molecule has 1 heterocycles. The van der Waals surface area contributed by atoms with Crippen LogP contribution in [0.3, 0.4) is 0 Å². The maximum Gasteiger partial charge on any atom is 0.338 e. The molecule has 1 amide bonds. The first kappa shape index (κ1) is 22.0. The van der Waals surface area contributed by atoms with Gasteiger partial charge in [0.1, 0.15) is 0 Å². The lowest BCUT2D eigenvalue weighted by molar-refractivity contribution is -0.119. The molecule has 0 atom stereocenters. The lowest BCUT2D eigenvalue weighted by Crippen LogP contribution is -2.21. The van der Waals surface area contributed by atoms with E-state index in [0.29, 0.717) is 28.6 Å². The minimum atomic E-state index is -0.601. The zero-order valence-corrected chi connectivity index (χ0v) is 18.9. The molecule has 1 N–H and O–H groups in total. The Morgan fingerprint density at radius 2 is 1.54 bits per heavy atom. The van der Waals surface area contributed by atoms with E-state index in [-0.39, 0.29) is 0 Å². The number of aromatic nitrogens is 2. The molecule has 0 saturated heterocycles. The fourth-order valence-electron chi connectivity index (χ4n) is 3.75. The molecule has 5 rings (SSSR count). The third kappa shape index (κ3) is 4.79. The quantitative estimate of drug-likeness (QED) is 0.327. The monoisotopic (exact) mass is 463 g/mol.